The van der Waals surface area contributed by atoms with Crippen LogP contribution in [0.1, 0.15) is 15.9 Å². The van der Waals surface area contributed by atoms with Crippen LogP contribution in [0.4, 0.5) is 0 Å². The van der Waals surface area contributed by atoms with E-state index in [1.54, 1.807) is 42.5 Å². The van der Waals surface area contributed by atoms with Crippen molar-refractivity contribution in [1.29, 1.82) is 0 Å². The maximum atomic E-state index is 12.5. The first-order valence-electron chi connectivity index (χ1n) is 10.9. The van der Waals surface area contributed by atoms with Crippen molar-refractivity contribution in [2.45, 2.75) is 0 Å². The third kappa shape index (κ3) is 7.04. The molecule has 8 heteroatoms. The number of amides is 1. The number of benzene rings is 4. The lowest BCUT2D eigenvalue weighted by molar-refractivity contribution is -0.123. The fourth-order valence-electron chi connectivity index (χ4n) is 3.19. The SMILES string of the molecule is O=C(COc1ccc(-c2ccccc2)cc1)N/N=C\c1cc(Br)ccc1OC(=O)c1ccc(Cl)cc1. The normalized spacial score (nSPS) is 10.7. The van der Waals surface area contributed by atoms with E-state index in [-0.39, 0.29) is 12.4 Å². The Morgan fingerprint density at radius 2 is 1.58 bits per heavy atom. The number of hydrogen-bond donors (Lipinski definition) is 1. The fourth-order valence-corrected chi connectivity index (χ4v) is 3.69. The number of rotatable bonds is 8. The molecule has 4 rings (SSSR count). The maximum absolute atomic E-state index is 12.5. The molecular formula is C28H20BrClN2O4. The number of hydrazone groups is 1. The first-order chi connectivity index (χ1) is 17.5. The molecule has 0 unspecified atom stereocenters. The molecule has 0 saturated heterocycles. The van der Waals surface area contributed by atoms with Gasteiger partial charge in [-0.05, 0) is 65.7 Å². The smallest absolute Gasteiger partial charge is 0.343 e. The van der Waals surface area contributed by atoms with Crippen LogP contribution in [-0.2, 0) is 4.79 Å². The van der Waals surface area contributed by atoms with Crippen LogP contribution < -0.4 is 14.9 Å². The van der Waals surface area contributed by atoms with Crippen molar-refractivity contribution in [3.05, 3.63) is 118 Å². The van der Waals surface area contributed by atoms with Gasteiger partial charge in [0.1, 0.15) is 11.5 Å². The molecule has 0 heterocycles. The summed E-state index contributed by atoms with van der Waals surface area (Å²) in [5, 5.41) is 4.49. The Labute approximate surface area is 221 Å². The van der Waals surface area contributed by atoms with Crippen LogP contribution in [0.15, 0.2) is 107 Å². The number of carbonyl (C=O) groups is 2. The van der Waals surface area contributed by atoms with Crippen LogP contribution in [0, 0.1) is 0 Å². The lowest BCUT2D eigenvalue weighted by Gasteiger charge is -2.08. The lowest BCUT2D eigenvalue weighted by Crippen LogP contribution is -2.24. The first-order valence-corrected chi connectivity index (χ1v) is 12.0. The standard InChI is InChI=1S/C28H20BrClN2O4/c29-23-10-15-26(36-28(34)21-6-11-24(30)12-7-21)22(16-23)17-31-32-27(33)18-35-25-13-8-20(9-14-25)19-4-2-1-3-5-19/h1-17H,18H2,(H,32,33)/b31-17-. The molecule has 0 saturated carbocycles. The molecule has 0 aliphatic carbocycles. The number of hydrogen-bond acceptors (Lipinski definition) is 5. The molecule has 1 N–H and O–H groups in total. The lowest BCUT2D eigenvalue weighted by atomic mass is 10.1. The highest BCUT2D eigenvalue weighted by atomic mass is 79.9. The molecule has 4 aromatic rings. The molecule has 6 nitrogen and oxygen atoms in total. The van der Waals surface area contributed by atoms with E-state index in [1.165, 1.54) is 6.21 Å². The van der Waals surface area contributed by atoms with E-state index in [4.69, 9.17) is 21.1 Å². The van der Waals surface area contributed by atoms with E-state index < -0.39 is 11.9 Å². The number of nitrogens with one attached hydrogen (secondary N) is 1. The molecule has 0 atom stereocenters. The van der Waals surface area contributed by atoms with Gasteiger partial charge in [-0.2, -0.15) is 5.10 Å². The largest absolute Gasteiger partial charge is 0.484 e. The van der Waals surface area contributed by atoms with Crippen molar-refractivity contribution >= 4 is 45.6 Å². The Bertz CT molecular complexity index is 1380. The van der Waals surface area contributed by atoms with Crippen LogP contribution in [0.5, 0.6) is 11.5 Å². The molecule has 1 amide bonds. The molecule has 0 bridgehead atoms. The van der Waals surface area contributed by atoms with Gasteiger partial charge < -0.3 is 9.47 Å². The predicted octanol–water partition coefficient (Wildman–Crippen LogP) is 6.52. The van der Waals surface area contributed by atoms with Crippen molar-refractivity contribution in [2.24, 2.45) is 5.10 Å². The van der Waals surface area contributed by atoms with Crippen LogP contribution >= 0.6 is 27.5 Å². The van der Waals surface area contributed by atoms with Gasteiger partial charge in [0.05, 0.1) is 11.8 Å². The average molecular weight is 564 g/mol. The third-order valence-corrected chi connectivity index (χ3v) is 5.72. The van der Waals surface area contributed by atoms with Crippen molar-refractivity contribution in [2.75, 3.05) is 6.61 Å². The van der Waals surface area contributed by atoms with E-state index in [1.807, 2.05) is 54.6 Å². The van der Waals surface area contributed by atoms with E-state index in [0.717, 1.165) is 15.6 Å². The Hall–Kier alpha value is -3.94. The molecule has 0 fully saturated rings. The van der Waals surface area contributed by atoms with Crippen LogP contribution in [0.3, 0.4) is 0 Å². The van der Waals surface area contributed by atoms with Crippen molar-refractivity contribution in [3.8, 4) is 22.6 Å². The summed E-state index contributed by atoms with van der Waals surface area (Å²) in [7, 11) is 0. The quantitative estimate of drug-likeness (QED) is 0.115. The molecule has 0 aliphatic heterocycles. The summed E-state index contributed by atoms with van der Waals surface area (Å²) >= 11 is 9.25. The van der Waals surface area contributed by atoms with E-state index in [2.05, 4.69) is 26.5 Å². The van der Waals surface area contributed by atoms with Crippen molar-refractivity contribution in [3.63, 3.8) is 0 Å². The third-order valence-electron chi connectivity index (χ3n) is 4.98. The van der Waals surface area contributed by atoms with Gasteiger partial charge in [-0.25, -0.2) is 10.2 Å². The summed E-state index contributed by atoms with van der Waals surface area (Å²) in [6.07, 6.45) is 1.39. The molecule has 0 aliphatic rings. The predicted molar refractivity (Wildman–Crippen MR) is 144 cm³/mol. The van der Waals surface area contributed by atoms with Gasteiger partial charge in [0.2, 0.25) is 0 Å². The molecular weight excluding hydrogens is 544 g/mol. The van der Waals surface area contributed by atoms with Crippen LogP contribution in [0.2, 0.25) is 5.02 Å². The summed E-state index contributed by atoms with van der Waals surface area (Å²) in [5.74, 6) is -0.129. The zero-order valence-electron chi connectivity index (χ0n) is 18.9. The summed E-state index contributed by atoms with van der Waals surface area (Å²) in [4.78, 5) is 24.6. The number of halogens is 2. The summed E-state index contributed by atoms with van der Waals surface area (Å²) in [5.41, 5.74) is 5.41. The highest BCUT2D eigenvalue weighted by molar-refractivity contribution is 9.10. The van der Waals surface area contributed by atoms with Gasteiger partial charge >= 0.3 is 5.97 Å². The molecule has 4 aromatic carbocycles. The molecule has 36 heavy (non-hydrogen) atoms. The monoisotopic (exact) mass is 562 g/mol. The maximum Gasteiger partial charge on any atom is 0.343 e. The minimum absolute atomic E-state index is 0.209. The van der Waals surface area contributed by atoms with Gasteiger partial charge in [0.25, 0.3) is 5.91 Å². The Kier molecular flexibility index (Phi) is 8.49. The number of carbonyl (C=O) groups excluding carboxylic acids is 2. The fraction of sp³-hybridized carbons (Fsp3) is 0.0357. The second-order valence-corrected chi connectivity index (χ2v) is 8.90. The zero-order valence-corrected chi connectivity index (χ0v) is 21.2. The summed E-state index contributed by atoms with van der Waals surface area (Å²) in [6.45, 7) is -0.209. The molecule has 0 radical (unpaired) electrons. The second-order valence-electron chi connectivity index (χ2n) is 7.55. The molecule has 0 spiro atoms. The van der Waals surface area contributed by atoms with Crippen molar-refractivity contribution < 1.29 is 19.1 Å². The van der Waals surface area contributed by atoms with E-state index >= 15 is 0 Å². The Morgan fingerprint density at radius 1 is 0.889 bits per heavy atom. The molecule has 0 aromatic heterocycles. The van der Waals surface area contributed by atoms with Gasteiger partial charge in [0, 0.05) is 15.1 Å². The van der Waals surface area contributed by atoms with Crippen molar-refractivity contribution in [1.82, 2.24) is 5.43 Å². The average Bonchev–Trinajstić information content (AvgIpc) is 2.90. The van der Waals surface area contributed by atoms with Gasteiger partial charge in [-0.15, -0.1) is 0 Å². The summed E-state index contributed by atoms with van der Waals surface area (Å²) < 4.78 is 11.8. The van der Waals surface area contributed by atoms with Crippen LogP contribution in [0.25, 0.3) is 11.1 Å². The van der Waals surface area contributed by atoms with Gasteiger partial charge in [0.15, 0.2) is 6.61 Å². The zero-order chi connectivity index (χ0) is 25.3. The minimum Gasteiger partial charge on any atom is -0.484 e. The Balaban J connectivity index is 1.32. The van der Waals surface area contributed by atoms with Crippen LogP contribution in [-0.4, -0.2) is 24.7 Å². The van der Waals surface area contributed by atoms with Gasteiger partial charge in [-0.3, -0.25) is 4.79 Å². The second kappa shape index (κ2) is 12.2. The number of ether oxygens (including phenoxy) is 2. The highest BCUT2D eigenvalue weighted by Crippen LogP contribution is 2.24. The highest BCUT2D eigenvalue weighted by Gasteiger charge is 2.12. The van der Waals surface area contributed by atoms with Gasteiger partial charge in [-0.1, -0.05) is 70.0 Å². The minimum atomic E-state index is -0.542. The summed E-state index contributed by atoms with van der Waals surface area (Å²) in [6, 6.07) is 28.9. The van der Waals surface area contributed by atoms with E-state index in [9.17, 15) is 9.59 Å². The first kappa shape index (κ1) is 25.2. The number of esters is 1. The Morgan fingerprint density at radius 3 is 2.31 bits per heavy atom. The van der Waals surface area contributed by atoms with E-state index in [0.29, 0.717) is 21.9 Å². The number of nitrogens with zero attached hydrogens (tertiary/aromatic N) is 1. The topological polar surface area (TPSA) is 77.0 Å². The molecule has 180 valence electrons.